The van der Waals surface area contributed by atoms with E-state index in [4.69, 9.17) is 9.47 Å². The van der Waals surface area contributed by atoms with Crippen molar-refractivity contribution in [2.75, 3.05) is 39.4 Å². The van der Waals surface area contributed by atoms with E-state index in [0.717, 1.165) is 11.9 Å². The Labute approximate surface area is 143 Å². The Balaban J connectivity index is 2.75. The molecule has 1 aromatic carbocycles. The van der Waals surface area contributed by atoms with Gasteiger partial charge in [-0.2, -0.15) is 0 Å². The van der Waals surface area contributed by atoms with Crippen molar-refractivity contribution in [3.63, 3.8) is 0 Å². The molecule has 0 unspecified atom stereocenters. The summed E-state index contributed by atoms with van der Waals surface area (Å²) in [6.45, 7) is 3.92. The summed E-state index contributed by atoms with van der Waals surface area (Å²) in [5.74, 6) is 1.73. The molecule has 0 saturated carbocycles. The maximum atomic E-state index is 11.4. The van der Waals surface area contributed by atoms with Gasteiger partial charge in [0.15, 0.2) is 17.5 Å². The first-order chi connectivity index (χ1) is 11.1. The minimum absolute atomic E-state index is 0.354. The largest absolute Gasteiger partial charge is 0.493 e. The van der Waals surface area contributed by atoms with Gasteiger partial charge in [-0.15, -0.1) is 0 Å². The fourth-order valence-corrected chi connectivity index (χ4v) is 3.15. The zero-order chi connectivity index (χ0) is 18.4. The standard InChI is InChI=1S/C15H26N4O4S/c1-15(2,19-24(6,20)21)10-17-14(16-3)18-11-7-8-12(22-4)13(9-11)23-5/h7-9,19H,10H2,1-6H3,(H2,16,17,18). The van der Waals surface area contributed by atoms with E-state index in [0.29, 0.717) is 24.0 Å². The first-order valence-electron chi connectivity index (χ1n) is 7.29. The molecule has 0 aliphatic heterocycles. The van der Waals surface area contributed by atoms with Crippen LogP contribution in [0.15, 0.2) is 23.2 Å². The topological polar surface area (TPSA) is 101 Å². The van der Waals surface area contributed by atoms with Gasteiger partial charge in [-0.05, 0) is 26.0 Å². The molecule has 0 aliphatic rings. The Kier molecular flexibility index (Phi) is 6.85. The van der Waals surface area contributed by atoms with Gasteiger partial charge >= 0.3 is 0 Å². The Bertz CT molecular complexity index is 687. The van der Waals surface area contributed by atoms with E-state index in [1.165, 1.54) is 0 Å². The summed E-state index contributed by atoms with van der Waals surface area (Å²) in [6, 6.07) is 5.39. The summed E-state index contributed by atoms with van der Waals surface area (Å²) in [5.41, 5.74) is 0.0950. The molecule has 0 amide bonds. The third kappa shape index (κ3) is 6.63. The van der Waals surface area contributed by atoms with E-state index in [2.05, 4.69) is 20.3 Å². The van der Waals surface area contributed by atoms with E-state index >= 15 is 0 Å². The highest BCUT2D eigenvalue weighted by Gasteiger charge is 2.22. The zero-order valence-corrected chi connectivity index (χ0v) is 15.7. The number of methoxy groups -OCH3 is 2. The van der Waals surface area contributed by atoms with Crippen molar-refractivity contribution in [1.82, 2.24) is 10.0 Å². The smallest absolute Gasteiger partial charge is 0.209 e. The van der Waals surface area contributed by atoms with Crippen molar-refractivity contribution in [3.05, 3.63) is 18.2 Å². The molecule has 0 atom stereocenters. The number of nitrogens with one attached hydrogen (secondary N) is 3. The number of hydrogen-bond acceptors (Lipinski definition) is 5. The van der Waals surface area contributed by atoms with Crippen LogP contribution < -0.4 is 24.8 Å². The van der Waals surface area contributed by atoms with E-state index in [1.54, 1.807) is 47.2 Å². The van der Waals surface area contributed by atoms with E-state index in [-0.39, 0.29) is 0 Å². The molecule has 0 saturated heterocycles. The fraction of sp³-hybridized carbons (Fsp3) is 0.533. The van der Waals surface area contributed by atoms with E-state index in [1.807, 2.05) is 6.07 Å². The van der Waals surface area contributed by atoms with Crippen LogP contribution >= 0.6 is 0 Å². The maximum Gasteiger partial charge on any atom is 0.209 e. The van der Waals surface area contributed by atoms with Gasteiger partial charge in [-0.25, -0.2) is 13.1 Å². The molecule has 0 aromatic heterocycles. The lowest BCUT2D eigenvalue weighted by atomic mass is 10.1. The van der Waals surface area contributed by atoms with Crippen LogP contribution in [0.3, 0.4) is 0 Å². The molecule has 0 aliphatic carbocycles. The monoisotopic (exact) mass is 358 g/mol. The highest BCUT2D eigenvalue weighted by atomic mass is 32.2. The molecule has 0 spiro atoms. The number of guanidine groups is 1. The Morgan fingerprint density at radius 1 is 1.21 bits per heavy atom. The summed E-state index contributed by atoms with van der Waals surface area (Å²) in [5, 5.41) is 6.20. The molecular weight excluding hydrogens is 332 g/mol. The highest BCUT2D eigenvalue weighted by Crippen LogP contribution is 2.29. The second-order valence-electron chi connectivity index (χ2n) is 5.88. The average Bonchev–Trinajstić information content (AvgIpc) is 2.48. The van der Waals surface area contributed by atoms with Gasteiger partial charge in [-0.3, -0.25) is 4.99 Å². The number of sulfonamides is 1. The fourth-order valence-electron chi connectivity index (χ4n) is 2.07. The molecule has 24 heavy (non-hydrogen) atoms. The SMILES string of the molecule is CN=C(NCC(C)(C)NS(C)(=O)=O)Nc1ccc(OC)c(OC)c1. The molecule has 136 valence electrons. The molecule has 3 N–H and O–H groups in total. The first kappa shape index (κ1) is 20.0. The quantitative estimate of drug-likeness (QED) is 0.497. The second-order valence-corrected chi connectivity index (χ2v) is 7.63. The maximum absolute atomic E-state index is 11.4. The predicted molar refractivity (Wildman–Crippen MR) is 96.6 cm³/mol. The number of nitrogens with zero attached hydrogens (tertiary/aromatic N) is 1. The van der Waals surface area contributed by atoms with Gasteiger partial charge in [-0.1, -0.05) is 0 Å². The summed E-state index contributed by atoms with van der Waals surface area (Å²) in [6.07, 6.45) is 1.13. The minimum atomic E-state index is -3.29. The summed E-state index contributed by atoms with van der Waals surface area (Å²) in [4.78, 5) is 4.13. The van der Waals surface area contributed by atoms with Gasteiger partial charge in [0.25, 0.3) is 0 Å². The molecule has 1 aromatic rings. The number of benzene rings is 1. The van der Waals surface area contributed by atoms with Crippen LogP contribution in [-0.2, 0) is 10.0 Å². The minimum Gasteiger partial charge on any atom is -0.493 e. The number of rotatable bonds is 7. The average molecular weight is 358 g/mol. The third-order valence-electron chi connectivity index (χ3n) is 3.03. The van der Waals surface area contributed by atoms with Crippen molar-refractivity contribution in [2.24, 2.45) is 4.99 Å². The molecular formula is C15H26N4O4S. The van der Waals surface area contributed by atoms with Crippen LogP contribution in [0.25, 0.3) is 0 Å². The number of hydrogen-bond donors (Lipinski definition) is 3. The predicted octanol–water partition coefficient (Wildman–Crippen LogP) is 1.02. The van der Waals surface area contributed by atoms with Crippen LogP contribution in [0.4, 0.5) is 5.69 Å². The lowest BCUT2D eigenvalue weighted by Crippen LogP contribution is -2.51. The van der Waals surface area contributed by atoms with Crippen molar-refractivity contribution >= 4 is 21.7 Å². The van der Waals surface area contributed by atoms with Crippen LogP contribution in [0.1, 0.15) is 13.8 Å². The van der Waals surface area contributed by atoms with Gasteiger partial charge in [0, 0.05) is 30.9 Å². The van der Waals surface area contributed by atoms with Crippen molar-refractivity contribution in [2.45, 2.75) is 19.4 Å². The molecule has 0 fully saturated rings. The molecule has 0 heterocycles. The van der Waals surface area contributed by atoms with Crippen LogP contribution in [0.2, 0.25) is 0 Å². The summed E-state index contributed by atoms with van der Waals surface area (Å²) < 4.78 is 35.8. The molecule has 9 heteroatoms. The third-order valence-corrected chi connectivity index (χ3v) is 3.95. The molecule has 1 rings (SSSR count). The lowest BCUT2D eigenvalue weighted by Gasteiger charge is -2.26. The molecule has 0 bridgehead atoms. The van der Waals surface area contributed by atoms with Gasteiger partial charge in [0.05, 0.1) is 20.5 Å². The van der Waals surface area contributed by atoms with Crippen LogP contribution in [0.5, 0.6) is 11.5 Å². The van der Waals surface area contributed by atoms with Crippen LogP contribution in [-0.4, -0.2) is 54.0 Å². The highest BCUT2D eigenvalue weighted by molar-refractivity contribution is 7.88. The molecule has 8 nitrogen and oxygen atoms in total. The van der Waals surface area contributed by atoms with Crippen molar-refractivity contribution in [3.8, 4) is 11.5 Å². The normalized spacial score (nSPS) is 12.7. The Hall–Kier alpha value is -2.00. The first-order valence-corrected chi connectivity index (χ1v) is 9.18. The van der Waals surface area contributed by atoms with Crippen LogP contribution in [0, 0.1) is 0 Å². The van der Waals surface area contributed by atoms with Gasteiger partial charge < -0.3 is 20.1 Å². The van der Waals surface area contributed by atoms with Crippen molar-refractivity contribution < 1.29 is 17.9 Å². The van der Waals surface area contributed by atoms with E-state index in [9.17, 15) is 8.42 Å². The number of anilines is 1. The summed E-state index contributed by atoms with van der Waals surface area (Å²) in [7, 11) is 1.47. The Morgan fingerprint density at radius 3 is 2.33 bits per heavy atom. The van der Waals surface area contributed by atoms with Gasteiger partial charge in [0.1, 0.15) is 0 Å². The summed E-state index contributed by atoms with van der Waals surface area (Å²) >= 11 is 0. The van der Waals surface area contributed by atoms with E-state index < -0.39 is 15.6 Å². The molecule has 0 radical (unpaired) electrons. The van der Waals surface area contributed by atoms with Gasteiger partial charge in [0.2, 0.25) is 10.0 Å². The Morgan fingerprint density at radius 2 is 1.83 bits per heavy atom. The number of ether oxygens (including phenoxy) is 2. The second kappa shape index (κ2) is 8.20. The number of aliphatic imine (C=N–C) groups is 1. The van der Waals surface area contributed by atoms with Crippen molar-refractivity contribution in [1.29, 1.82) is 0 Å². The lowest BCUT2D eigenvalue weighted by molar-refractivity contribution is 0.355. The zero-order valence-electron chi connectivity index (χ0n) is 14.9.